The van der Waals surface area contributed by atoms with E-state index in [4.69, 9.17) is 4.74 Å². The molecule has 2 N–H and O–H groups in total. The molecule has 1 saturated heterocycles. The summed E-state index contributed by atoms with van der Waals surface area (Å²) in [6, 6.07) is 9.94. The van der Waals surface area contributed by atoms with Gasteiger partial charge in [-0.05, 0) is 49.2 Å². The number of piperidine rings is 1. The third-order valence-corrected chi connectivity index (χ3v) is 6.93. The molecule has 1 aromatic carbocycles. The third kappa shape index (κ3) is 3.88. The SMILES string of the molecule is Cl.O=C(NCc1ccccc1-n1cncn1)c1cc2c(s1)CCOC21CCNCC1. The minimum Gasteiger partial charge on any atom is -0.370 e. The Morgan fingerprint density at radius 2 is 2.13 bits per heavy atom. The number of ether oxygens (including phenoxy) is 1. The maximum Gasteiger partial charge on any atom is 0.261 e. The monoisotopic (exact) mass is 445 g/mol. The second-order valence-corrected chi connectivity index (χ2v) is 8.58. The summed E-state index contributed by atoms with van der Waals surface area (Å²) >= 11 is 1.61. The van der Waals surface area contributed by atoms with E-state index in [9.17, 15) is 4.79 Å². The zero-order chi connectivity index (χ0) is 19.7. The van der Waals surface area contributed by atoms with E-state index in [1.54, 1.807) is 22.3 Å². The molecule has 2 aliphatic heterocycles. The summed E-state index contributed by atoms with van der Waals surface area (Å²) in [4.78, 5) is 19.0. The molecule has 30 heavy (non-hydrogen) atoms. The van der Waals surface area contributed by atoms with Gasteiger partial charge in [-0.15, -0.1) is 23.7 Å². The summed E-state index contributed by atoms with van der Waals surface area (Å²) in [6.07, 6.45) is 5.97. The molecule has 1 spiro atoms. The van der Waals surface area contributed by atoms with Crippen LogP contribution < -0.4 is 10.6 Å². The average Bonchev–Trinajstić information content (AvgIpc) is 3.44. The van der Waals surface area contributed by atoms with Gasteiger partial charge < -0.3 is 15.4 Å². The lowest BCUT2D eigenvalue weighted by atomic mass is 9.83. The Labute approximate surface area is 185 Å². The summed E-state index contributed by atoms with van der Waals surface area (Å²) in [7, 11) is 0. The molecule has 0 unspecified atom stereocenters. The second kappa shape index (κ2) is 8.85. The van der Waals surface area contributed by atoms with Crippen molar-refractivity contribution in [3.63, 3.8) is 0 Å². The van der Waals surface area contributed by atoms with E-state index >= 15 is 0 Å². The van der Waals surface area contributed by atoms with E-state index in [1.807, 2.05) is 24.3 Å². The van der Waals surface area contributed by atoms with Crippen LogP contribution in [0.15, 0.2) is 43.0 Å². The molecular formula is C21H24ClN5O2S. The normalized spacial score (nSPS) is 17.2. The van der Waals surface area contributed by atoms with Crippen LogP contribution in [0.4, 0.5) is 0 Å². The van der Waals surface area contributed by atoms with Crippen LogP contribution in [-0.4, -0.2) is 40.4 Å². The smallest absolute Gasteiger partial charge is 0.261 e. The van der Waals surface area contributed by atoms with Gasteiger partial charge in [0, 0.05) is 17.8 Å². The van der Waals surface area contributed by atoms with E-state index in [2.05, 4.69) is 26.8 Å². The van der Waals surface area contributed by atoms with Gasteiger partial charge in [0.2, 0.25) is 0 Å². The first-order valence-electron chi connectivity index (χ1n) is 9.94. The standard InChI is InChI=1S/C21H23N5O2S.ClH/c27-20(24-12-15-3-1-2-4-17(15)26-14-23-13-25-26)19-11-16-18(29-19)5-10-28-21(16)6-8-22-9-7-21;/h1-4,11,13-14,22H,5-10,12H2,(H,24,27);1H. The molecule has 158 valence electrons. The fourth-order valence-corrected chi connectivity index (χ4v) is 5.40. The molecule has 0 aliphatic carbocycles. The van der Waals surface area contributed by atoms with Crippen molar-refractivity contribution in [3.05, 3.63) is 63.9 Å². The van der Waals surface area contributed by atoms with E-state index in [0.717, 1.165) is 55.1 Å². The van der Waals surface area contributed by atoms with Crippen LogP contribution in [0.5, 0.6) is 0 Å². The first-order valence-corrected chi connectivity index (χ1v) is 10.8. The van der Waals surface area contributed by atoms with Crippen molar-refractivity contribution in [2.24, 2.45) is 0 Å². The predicted octanol–water partition coefficient (Wildman–Crippen LogP) is 2.83. The lowest BCUT2D eigenvalue weighted by molar-refractivity contribution is -0.0792. The lowest BCUT2D eigenvalue weighted by Crippen LogP contribution is -2.44. The molecule has 3 aromatic rings. The highest BCUT2D eigenvalue weighted by Gasteiger charge is 2.40. The van der Waals surface area contributed by atoms with Gasteiger partial charge in [-0.3, -0.25) is 4.79 Å². The minimum absolute atomic E-state index is 0. The van der Waals surface area contributed by atoms with Crippen molar-refractivity contribution in [3.8, 4) is 5.69 Å². The number of hydrogen-bond acceptors (Lipinski definition) is 6. The van der Waals surface area contributed by atoms with Crippen molar-refractivity contribution >= 4 is 29.7 Å². The van der Waals surface area contributed by atoms with E-state index in [0.29, 0.717) is 6.54 Å². The molecule has 0 bridgehead atoms. The molecule has 2 aromatic heterocycles. The van der Waals surface area contributed by atoms with Gasteiger partial charge in [0.25, 0.3) is 5.91 Å². The van der Waals surface area contributed by atoms with E-state index in [1.165, 1.54) is 16.8 Å². The van der Waals surface area contributed by atoms with Gasteiger partial charge in [-0.25, -0.2) is 9.67 Å². The van der Waals surface area contributed by atoms with Crippen LogP contribution in [0, 0.1) is 0 Å². The Kier molecular flexibility index (Phi) is 6.19. The summed E-state index contributed by atoms with van der Waals surface area (Å²) < 4.78 is 7.94. The maximum atomic E-state index is 12.9. The highest BCUT2D eigenvalue weighted by atomic mass is 35.5. The molecular weight excluding hydrogens is 422 g/mol. The number of para-hydroxylation sites is 1. The van der Waals surface area contributed by atoms with Gasteiger partial charge in [0.05, 0.1) is 22.8 Å². The molecule has 0 atom stereocenters. The molecule has 4 heterocycles. The van der Waals surface area contributed by atoms with Crippen molar-refractivity contribution in [2.75, 3.05) is 19.7 Å². The van der Waals surface area contributed by atoms with Gasteiger partial charge in [0.15, 0.2) is 0 Å². The molecule has 7 nitrogen and oxygen atoms in total. The Morgan fingerprint density at radius 1 is 1.30 bits per heavy atom. The molecule has 5 rings (SSSR count). The predicted molar refractivity (Wildman–Crippen MR) is 118 cm³/mol. The second-order valence-electron chi connectivity index (χ2n) is 7.44. The summed E-state index contributed by atoms with van der Waals surface area (Å²) in [5, 5.41) is 10.7. The molecule has 9 heteroatoms. The van der Waals surface area contributed by atoms with Crippen LogP contribution in [0.2, 0.25) is 0 Å². The topological polar surface area (TPSA) is 81.1 Å². The van der Waals surface area contributed by atoms with Gasteiger partial charge in [-0.2, -0.15) is 5.10 Å². The quantitative estimate of drug-likeness (QED) is 0.645. The van der Waals surface area contributed by atoms with Crippen LogP contribution in [0.3, 0.4) is 0 Å². The zero-order valence-electron chi connectivity index (χ0n) is 16.5. The number of amides is 1. The number of nitrogens with one attached hydrogen (secondary N) is 2. The fraction of sp³-hybridized carbons (Fsp3) is 0.381. The largest absolute Gasteiger partial charge is 0.370 e. The average molecular weight is 446 g/mol. The van der Waals surface area contributed by atoms with Crippen LogP contribution >= 0.6 is 23.7 Å². The lowest BCUT2D eigenvalue weighted by Gasteiger charge is -2.40. The Morgan fingerprint density at radius 3 is 2.93 bits per heavy atom. The first-order chi connectivity index (χ1) is 14.3. The van der Waals surface area contributed by atoms with Gasteiger partial charge in [0.1, 0.15) is 12.7 Å². The number of fused-ring (bicyclic) bond motifs is 2. The summed E-state index contributed by atoms with van der Waals surface area (Å²) in [5.74, 6) is -0.0399. The maximum absolute atomic E-state index is 12.9. The number of halogens is 1. The number of benzene rings is 1. The molecule has 0 saturated carbocycles. The highest BCUT2D eigenvalue weighted by Crippen LogP contribution is 2.43. The van der Waals surface area contributed by atoms with Crippen LogP contribution in [0.25, 0.3) is 5.69 Å². The molecule has 0 radical (unpaired) electrons. The number of carbonyl (C=O) groups is 1. The van der Waals surface area contributed by atoms with Crippen LogP contribution in [-0.2, 0) is 23.3 Å². The third-order valence-electron chi connectivity index (χ3n) is 5.74. The van der Waals surface area contributed by atoms with Gasteiger partial charge in [-0.1, -0.05) is 18.2 Å². The van der Waals surface area contributed by atoms with Crippen molar-refractivity contribution in [2.45, 2.75) is 31.4 Å². The summed E-state index contributed by atoms with van der Waals surface area (Å²) in [6.45, 7) is 3.08. The van der Waals surface area contributed by atoms with Crippen molar-refractivity contribution < 1.29 is 9.53 Å². The minimum atomic E-state index is -0.215. The van der Waals surface area contributed by atoms with E-state index in [-0.39, 0.29) is 23.9 Å². The molecule has 1 amide bonds. The highest BCUT2D eigenvalue weighted by molar-refractivity contribution is 7.14. The summed E-state index contributed by atoms with van der Waals surface area (Å²) in [5.41, 5.74) is 2.92. The van der Waals surface area contributed by atoms with Crippen molar-refractivity contribution in [1.29, 1.82) is 0 Å². The van der Waals surface area contributed by atoms with Crippen LogP contribution in [0.1, 0.15) is 38.5 Å². The Bertz CT molecular complexity index is 1010. The zero-order valence-corrected chi connectivity index (χ0v) is 18.1. The first kappa shape index (κ1) is 21.0. The van der Waals surface area contributed by atoms with Gasteiger partial charge >= 0.3 is 0 Å². The Hall–Kier alpha value is -2.26. The molecule has 2 aliphatic rings. The number of thiophene rings is 1. The fourth-order valence-electron chi connectivity index (χ4n) is 4.25. The number of nitrogens with zero attached hydrogens (tertiary/aromatic N) is 3. The molecule has 1 fully saturated rings. The van der Waals surface area contributed by atoms with E-state index < -0.39 is 0 Å². The van der Waals surface area contributed by atoms with Crippen molar-refractivity contribution in [1.82, 2.24) is 25.4 Å². The number of carbonyl (C=O) groups excluding carboxylic acids is 1. The Balaban J connectivity index is 0.00000218. The number of rotatable bonds is 4. The number of hydrogen-bond donors (Lipinski definition) is 2. The number of aromatic nitrogens is 3.